The summed E-state index contributed by atoms with van der Waals surface area (Å²) in [6, 6.07) is 7.94. The molecule has 1 unspecified atom stereocenters. The van der Waals surface area contributed by atoms with E-state index >= 15 is 0 Å². The van der Waals surface area contributed by atoms with Crippen LogP contribution in [0.5, 0.6) is 0 Å². The van der Waals surface area contributed by atoms with Gasteiger partial charge in [0.15, 0.2) is 0 Å². The summed E-state index contributed by atoms with van der Waals surface area (Å²) in [7, 11) is 1.34. The van der Waals surface area contributed by atoms with Crippen LogP contribution >= 0.6 is 0 Å². The van der Waals surface area contributed by atoms with Gasteiger partial charge in [-0.25, -0.2) is 4.98 Å². The molecule has 0 saturated carbocycles. The highest BCUT2D eigenvalue weighted by Crippen LogP contribution is 2.40. The van der Waals surface area contributed by atoms with Crippen molar-refractivity contribution in [2.24, 2.45) is 21.7 Å². The molecule has 12 nitrogen and oxygen atoms in total. The predicted octanol–water partition coefficient (Wildman–Crippen LogP) is 3.45. The highest BCUT2D eigenvalue weighted by atomic mass is 19.4. The van der Waals surface area contributed by atoms with E-state index in [0.717, 1.165) is 30.4 Å². The van der Waals surface area contributed by atoms with Gasteiger partial charge >= 0.3 is 12.1 Å². The summed E-state index contributed by atoms with van der Waals surface area (Å²) in [6.07, 6.45) is 2.79. The van der Waals surface area contributed by atoms with Crippen molar-refractivity contribution in [1.82, 2.24) is 14.8 Å². The average Bonchev–Trinajstić information content (AvgIpc) is 3.36. The first kappa shape index (κ1) is 32.2. The molecule has 2 fully saturated rings. The number of fused-ring (bicyclic) bond motifs is 2. The fourth-order valence-electron chi connectivity index (χ4n) is 6.46. The predicted molar refractivity (Wildman–Crippen MR) is 165 cm³/mol. The van der Waals surface area contributed by atoms with E-state index in [-0.39, 0.29) is 40.4 Å². The van der Waals surface area contributed by atoms with Crippen molar-refractivity contribution >= 4 is 35.7 Å². The molecule has 2 aromatic rings. The lowest BCUT2D eigenvalue weighted by molar-refractivity contribution is -0.750. The Morgan fingerprint density at radius 3 is 2.55 bits per heavy atom. The summed E-state index contributed by atoms with van der Waals surface area (Å²) >= 11 is 0. The van der Waals surface area contributed by atoms with Gasteiger partial charge in [-0.2, -0.15) is 24.0 Å². The number of esters is 1. The van der Waals surface area contributed by atoms with Crippen LogP contribution in [0.15, 0.2) is 76.4 Å². The number of rotatable bonds is 6. The summed E-state index contributed by atoms with van der Waals surface area (Å²) in [5.41, 5.74) is 0.352. The zero-order chi connectivity index (χ0) is 33.7. The first-order valence-corrected chi connectivity index (χ1v) is 15.0. The lowest BCUT2D eigenvalue weighted by Crippen LogP contribution is -2.65. The molecule has 0 spiro atoms. The third kappa shape index (κ3) is 5.85. The number of pyridine rings is 1. The van der Waals surface area contributed by atoms with E-state index in [1.165, 1.54) is 19.2 Å². The standard InChI is InChI=1S/C32H33F3N8O4/c1-31(2,30(46)47-3)41-17-23-9-8-21(16-42(23)26(44)18-41)27-24-15-37-12-13-43(24,36)28(40-27)19-4-6-20(7-5-19)29(45)39-25-14-22(10-11-38-25)32(33,34)35/h4-7,10-15,21,23H,8-9,16-18,36H2,1-3H3/p+1/t21-,23+,43?/m1/s1. The maximum absolute atomic E-state index is 13.4. The summed E-state index contributed by atoms with van der Waals surface area (Å²) in [5.74, 6) is 5.96. The minimum Gasteiger partial charge on any atom is -0.468 e. The molecule has 3 atom stereocenters. The van der Waals surface area contributed by atoms with E-state index in [1.54, 1.807) is 44.6 Å². The average molecular weight is 652 g/mol. The fraction of sp³-hybridized carbons (Fsp3) is 0.375. The van der Waals surface area contributed by atoms with Crippen LogP contribution in [0.1, 0.15) is 48.2 Å². The second-order valence-corrected chi connectivity index (χ2v) is 12.4. The number of piperidine rings is 1. The zero-order valence-corrected chi connectivity index (χ0v) is 26.0. The number of methoxy groups -OCH3 is 1. The van der Waals surface area contributed by atoms with Crippen LogP contribution in [-0.2, 0) is 20.5 Å². The van der Waals surface area contributed by atoms with E-state index in [0.29, 0.717) is 36.6 Å². The Hall–Kier alpha value is -4.73. The van der Waals surface area contributed by atoms with Crippen LogP contribution < -0.4 is 11.2 Å². The van der Waals surface area contributed by atoms with Crippen molar-refractivity contribution in [3.8, 4) is 0 Å². The highest BCUT2D eigenvalue weighted by molar-refractivity contribution is 6.05. The molecule has 15 heteroatoms. The van der Waals surface area contributed by atoms with Crippen molar-refractivity contribution in [1.29, 1.82) is 0 Å². The van der Waals surface area contributed by atoms with Crippen molar-refractivity contribution in [3.05, 3.63) is 83.1 Å². The molecular formula is C32H34F3N8O4+. The number of halogens is 3. The van der Waals surface area contributed by atoms with Crippen molar-refractivity contribution in [2.45, 2.75) is 44.4 Å². The number of quaternary nitrogens is 1. The molecule has 0 bridgehead atoms. The number of aromatic nitrogens is 1. The number of hydrogen-bond donors (Lipinski definition) is 2. The molecule has 246 valence electrons. The number of alkyl halides is 3. The molecule has 6 rings (SSSR count). The SMILES string of the molecule is COC(=O)C(C)(C)N1CC(=O)N2C[C@H](C3=C4C=NC=C[N+]4(N)C(c4ccc(C(=O)Nc5cc(C(F)(F)F)ccn5)cc4)=N3)CC[C@H]2C1. The number of nitrogens with zero attached hydrogens (tertiary/aromatic N) is 6. The maximum atomic E-state index is 13.4. The van der Waals surface area contributed by atoms with Gasteiger partial charge in [-0.1, -0.05) is 0 Å². The number of nitrogens with one attached hydrogen (secondary N) is 1. The van der Waals surface area contributed by atoms with Crippen LogP contribution in [0.25, 0.3) is 0 Å². The van der Waals surface area contributed by atoms with Gasteiger partial charge in [-0.3, -0.25) is 24.3 Å². The normalized spacial score (nSPS) is 24.5. The van der Waals surface area contributed by atoms with Crippen molar-refractivity contribution < 1.29 is 36.9 Å². The summed E-state index contributed by atoms with van der Waals surface area (Å²) in [4.78, 5) is 55.5. The number of allylic oxidation sites excluding steroid dienone is 1. The Kier molecular flexibility index (Phi) is 8.10. The third-order valence-corrected chi connectivity index (χ3v) is 9.20. The number of carbonyl (C=O) groups is 3. The van der Waals surface area contributed by atoms with Gasteiger partial charge < -0.3 is 15.0 Å². The number of nitrogens with two attached hydrogens (primary N) is 1. The number of carbonyl (C=O) groups excluding carboxylic acids is 3. The Labute approximate surface area is 268 Å². The number of aliphatic imine (C=N–C) groups is 2. The first-order chi connectivity index (χ1) is 22.2. The summed E-state index contributed by atoms with van der Waals surface area (Å²) in [5, 5.41) is 2.40. The molecule has 2 amide bonds. The minimum atomic E-state index is -4.57. The first-order valence-electron chi connectivity index (χ1n) is 15.0. The van der Waals surface area contributed by atoms with E-state index in [9.17, 15) is 27.6 Å². The highest BCUT2D eigenvalue weighted by Gasteiger charge is 2.49. The third-order valence-electron chi connectivity index (χ3n) is 9.20. The smallest absolute Gasteiger partial charge is 0.416 e. The lowest BCUT2D eigenvalue weighted by atomic mass is 9.87. The molecule has 0 radical (unpaired) electrons. The number of amidine groups is 1. The van der Waals surface area contributed by atoms with Crippen LogP contribution in [0.3, 0.4) is 0 Å². The van der Waals surface area contributed by atoms with Gasteiger partial charge in [0.1, 0.15) is 23.3 Å². The second-order valence-electron chi connectivity index (χ2n) is 12.4. The molecule has 0 aliphatic carbocycles. The summed E-state index contributed by atoms with van der Waals surface area (Å²) < 4.78 is 44.0. The van der Waals surface area contributed by atoms with E-state index in [4.69, 9.17) is 15.6 Å². The fourth-order valence-corrected chi connectivity index (χ4v) is 6.46. The molecule has 3 N–H and O–H groups in total. The number of ether oxygens (including phenoxy) is 1. The number of piperazine rings is 1. The van der Waals surface area contributed by atoms with Gasteiger partial charge in [-0.05, 0) is 63.1 Å². The minimum absolute atomic E-state index is 0.0613. The Morgan fingerprint density at radius 1 is 1.11 bits per heavy atom. The van der Waals surface area contributed by atoms with Gasteiger partial charge in [-0.15, -0.1) is 4.59 Å². The topological polar surface area (TPSA) is 143 Å². The second kappa shape index (κ2) is 11.8. The quantitative estimate of drug-likeness (QED) is 0.277. The molecule has 1 aromatic carbocycles. The van der Waals surface area contributed by atoms with Gasteiger partial charge in [0.25, 0.3) is 11.7 Å². The number of hydrogen-bond acceptors (Lipinski definition) is 9. The number of anilines is 1. The molecular weight excluding hydrogens is 617 g/mol. The van der Waals surface area contributed by atoms with Crippen LogP contribution in [0.2, 0.25) is 0 Å². The molecule has 4 aliphatic rings. The Balaban J connectivity index is 1.20. The molecule has 47 heavy (non-hydrogen) atoms. The Morgan fingerprint density at radius 2 is 1.85 bits per heavy atom. The summed E-state index contributed by atoms with van der Waals surface area (Å²) in [6.45, 7) is 4.60. The van der Waals surface area contributed by atoms with Crippen LogP contribution in [0, 0.1) is 5.92 Å². The van der Waals surface area contributed by atoms with Gasteiger partial charge in [0.2, 0.25) is 11.6 Å². The van der Waals surface area contributed by atoms with Crippen LogP contribution in [-0.4, -0.2) is 87.5 Å². The zero-order valence-electron chi connectivity index (χ0n) is 26.0. The Bertz CT molecular complexity index is 1750. The lowest BCUT2D eigenvalue weighted by Gasteiger charge is -2.49. The number of benzene rings is 1. The monoisotopic (exact) mass is 651 g/mol. The van der Waals surface area contributed by atoms with E-state index in [2.05, 4.69) is 15.3 Å². The molecule has 4 aliphatic heterocycles. The molecule has 1 aromatic heterocycles. The maximum Gasteiger partial charge on any atom is 0.416 e. The van der Waals surface area contributed by atoms with E-state index < -0.39 is 29.2 Å². The van der Waals surface area contributed by atoms with Gasteiger partial charge in [0, 0.05) is 36.8 Å². The van der Waals surface area contributed by atoms with Crippen molar-refractivity contribution in [2.75, 3.05) is 32.1 Å². The molecule has 5 heterocycles. The number of amides is 2. The molecule has 2 saturated heterocycles. The van der Waals surface area contributed by atoms with E-state index in [1.807, 2.05) is 9.80 Å². The van der Waals surface area contributed by atoms with Crippen molar-refractivity contribution in [3.63, 3.8) is 0 Å². The largest absolute Gasteiger partial charge is 0.468 e. The van der Waals surface area contributed by atoms with Gasteiger partial charge in [0.05, 0.1) is 37.2 Å². The van der Waals surface area contributed by atoms with Crippen LogP contribution in [0.4, 0.5) is 19.0 Å².